The van der Waals surface area contributed by atoms with Gasteiger partial charge in [-0.15, -0.1) is 11.3 Å². The van der Waals surface area contributed by atoms with E-state index < -0.39 is 0 Å². The van der Waals surface area contributed by atoms with E-state index in [0.717, 1.165) is 43.4 Å². The lowest BCUT2D eigenvalue weighted by atomic mass is 9.94. The lowest BCUT2D eigenvalue weighted by Gasteiger charge is -2.38. The molecule has 0 aliphatic carbocycles. The van der Waals surface area contributed by atoms with Gasteiger partial charge in [0.15, 0.2) is 0 Å². The van der Waals surface area contributed by atoms with Gasteiger partial charge in [-0.3, -0.25) is 4.98 Å². The van der Waals surface area contributed by atoms with Crippen molar-refractivity contribution in [1.29, 1.82) is 5.26 Å². The molecule has 9 heteroatoms. The van der Waals surface area contributed by atoms with Crippen molar-refractivity contribution in [2.45, 2.75) is 18.4 Å². The van der Waals surface area contributed by atoms with Gasteiger partial charge in [0.2, 0.25) is 0 Å². The van der Waals surface area contributed by atoms with Crippen molar-refractivity contribution in [3.8, 4) is 28.2 Å². The molecule has 1 spiro atoms. The maximum atomic E-state index is 9.61. The molecule has 1 atom stereocenters. The van der Waals surface area contributed by atoms with Gasteiger partial charge in [-0.05, 0) is 12.5 Å². The maximum Gasteiger partial charge on any atom is 0.147 e. The number of nitrogen functional groups attached to an aromatic ring is 1. The Labute approximate surface area is 165 Å². The first-order chi connectivity index (χ1) is 13.7. The molecule has 3 aromatic rings. The zero-order valence-corrected chi connectivity index (χ0v) is 15.8. The maximum absolute atomic E-state index is 9.61. The summed E-state index contributed by atoms with van der Waals surface area (Å²) in [5, 5.41) is 12.2. The summed E-state index contributed by atoms with van der Waals surface area (Å²) in [7, 11) is 0. The second kappa shape index (κ2) is 6.51. The average molecular weight is 391 g/mol. The summed E-state index contributed by atoms with van der Waals surface area (Å²) < 4.78 is 5.79. The highest BCUT2D eigenvalue weighted by Gasteiger charge is 2.44. The number of nitrogens with zero attached hydrogens (tertiary/aromatic N) is 6. The molecule has 8 nitrogen and oxygen atoms in total. The Kier molecular flexibility index (Phi) is 3.96. The molecule has 2 fully saturated rings. The molecule has 2 N–H and O–H groups in total. The summed E-state index contributed by atoms with van der Waals surface area (Å²) in [5.74, 6) is 0.758. The largest absolute Gasteiger partial charge is 0.398 e. The monoisotopic (exact) mass is 391 g/mol. The molecule has 0 bridgehead atoms. The van der Waals surface area contributed by atoms with E-state index in [4.69, 9.17) is 15.5 Å². The van der Waals surface area contributed by atoms with Gasteiger partial charge >= 0.3 is 0 Å². The van der Waals surface area contributed by atoms with Crippen LogP contribution in [0.2, 0.25) is 0 Å². The van der Waals surface area contributed by atoms with E-state index in [1.54, 1.807) is 24.7 Å². The van der Waals surface area contributed by atoms with Crippen molar-refractivity contribution in [3.63, 3.8) is 0 Å². The molecule has 1 unspecified atom stereocenters. The van der Waals surface area contributed by atoms with Crippen molar-refractivity contribution >= 4 is 22.8 Å². The van der Waals surface area contributed by atoms with Crippen molar-refractivity contribution in [2.24, 2.45) is 0 Å². The van der Waals surface area contributed by atoms with Crippen LogP contribution in [-0.2, 0) is 4.74 Å². The van der Waals surface area contributed by atoms with E-state index in [-0.39, 0.29) is 5.60 Å². The molecule has 2 aliphatic heterocycles. The van der Waals surface area contributed by atoms with Gasteiger partial charge in [-0.2, -0.15) is 5.26 Å². The first-order valence-corrected chi connectivity index (χ1v) is 9.87. The topological polar surface area (TPSA) is 114 Å². The average Bonchev–Trinajstić information content (AvgIpc) is 3.37. The van der Waals surface area contributed by atoms with Crippen LogP contribution in [-0.4, -0.2) is 45.2 Å². The molecule has 0 amide bonds. The van der Waals surface area contributed by atoms with E-state index in [1.807, 2.05) is 5.38 Å². The van der Waals surface area contributed by atoms with Gasteiger partial charge in [0, 0.05) is 31.1 Å². The molecule has 0 radical (unpaired) electrons. The van der Waals surface area contributed by atoms with Crippen molar-refractivity contribution < 1.29 is 4.74 Å². The molecular formula is C19H17N7OS. The van der Waals surface area contributed by atoms with Crippen molar-refractivity contribution in [1.82, 2.24) is 19.9 Å². The summed E-state index contributed by atoms with van der Waals surface area (Å²) in [6, 6.07) is 3.83. The Morgan fingerprint density at radius 2 is 2.14 bits per heavy atom. The van der Waals surface area contributed by atoms with Crippen LogP contribution in [0.15, 0.2) is 30.0 Å². The third-order valence-corrected chi connectivity index (χ3v) is 6.08. The zero-order chi connectivity index (χ0) is 19.1. The zero-order valence-electron chi connectivity index (χ0n) is 15.0. The van der Waals surface area contributed by atoms with E-state index >= 15 is 0 Å². The lowest BCUT2D eigenvalue weighted by Crippen LogP contribution is -2.46. The Hall–Kier alpha value is -3.09. The van der Waals surface area contributed by atoms with Crippen LogP contribution < -0.4 is 10.6 Å². The third-order valence-electron chi connectivity index (χ3n) is 5.28. The number of pyridine rings is 1. The van der Waals surface area contributed by atoms with E-state index in [1.165, 1.54) is 11.3 Å². The molecule has 3 aromatic heterocycles. The van der Waals surface area contributed by atoms with Crippen LogP contribution >= 0.6 is 11.3 Å². The highest BCUT2D eigenvalue weighted by Crippen LogP contribution is 2.38. The van der Waals surface area contributed by atoms with Crippen molar-refractivity contribution in [2.75, 3.05) is 30.3 Å². The minimum absolute atomic E-state index is 0.0249. The van der Waals surface area contributed by atoms with Gasteiger partial charge in [0.05, 0.1) is 30.3 Å². The summed E-state index contributed by atoms with van der Waals surface area (Å²) in [6.07, 6.45) is 7.14. The number of thiazole rings is 1. The van der Waals surface area contributed by atoms with E-state index in [2.05, 4.69) is 25.9 Å². The summed E-state index contributed by atoms with van der Waals surface area (Å²) in [5.41, 5.74) is 8.34. The first kappa shape index (κ1) is 17.0. The number of aromatic nitrogens is 4. The fourth-order valence-electron chi connectivity index (χ4n) is 3.70. The second-order valence-electron chi connectivity index (χ2n) is 6.98. The summed E-state index contributed by atoms with van der Waals surface area (Å²) in [4.78, 5) is 20.2. The van der Waals surface area contributed by atoms with Crippen LogP contribution in [0.5, 0.6) is 0 Å². The fraction of sp³-hybridized carbons (Fsp3) is 0.316. The van der Waals surface area contributed by atoms with Crippen molar-refractivity contribution in [3.05, 3.63) is 35.6 Å². The van der Waals surface area contributed by atoms with Gasteiger partial charge in [0.1, 0.15) is 39.5 Å². The van der Waals surface area contributed by atoms with Gasteiger partial charge in [-0.1, -0.05) is 0 Å². The minimum Gasteiger partial charge on any atom is -0.398 e. The number of ether oxygens (including phenoxy) is 1. The van der Waals surface area contributed by atoms with E-state index in [9.17, 15) is 5.26 Å². The number of hydrogen-bond donors (Lipinski definition) is 1. The van der Waals surface area contributed by atoms with Gasteiger partial charge < -0.3 is 15.4 Å². The van der Waals surface area contributed by atoms with E-state index in [0.29, 0.717) is 28.3 Å². The predicted molar refractivity (Wildman–Crippen MR) is 106 cm³/mol. The Morgan fingerprint density at radius 1 is 1.25 bits per heavy atom. The van der Waals surface area contributed by atoms with Gasteiger partial charge in [0.25, 0.3) is 0 Å². The number of nitriles is 1. The molecule has 0 aromatic carbocycles. The standard InChI is InChI=1S/C19H17N7OS/c20-8-12-13(21)7-14(18-23-3-6-28-18)25-17(12)15-9-22-10-16(24-15)26-4-1-19(11-26)2-5-27-19/h3,6-7,9-10H,1-2,4-5,11H2,(H2,21,25). The smallest absolute Gasteiger partial charge is 0.147 e. The molecule has 0 saturated carbocycles. The van der Waals surface area contributed by atoms with Crippen LogP contribution in [0.3, 0.4) is 0 Å². The van der Waals surface area contributed by atoms with Crippen LogP contribution in [0.25, 0.3) is 22.1 Å². The lowest BCUT2D eigenvalue weighted by molar-refractivity contribution is -0.130. The molecular weight excluding hydrogens is 374 g/mol. The highest BCUT2D eigenvalue weighted by molar-refractivity contribution is 7.13. The van der Waals surface area contributed by atoms with Crippen LogP contribution in [0.1, 0.15) is 18.4 Å². The Balaban J connectivity index is 1.55. The van der Waals surface area contributed by atoms with Crippen LogP contribution in [0.4, 0.5) is 11.5 Å². The summed E-state index contributed by atoms with van der Waals surface area (Å²) in [6.45, 7) is 2.51. The second-order valence-corrected chi connectivity index (χ2v) is 7.88. The molecule has 28 heavy (non-hydrogen) atoms. The Bertz CT molecular complexity index is 1070. The minimum atomic E-state index is -0.0249. The molecule has 5 rings (SSSR count). The number of rotatable bonds is 3. The SMILES string of the molecule is N#Cc1c(N)cc(-c2nccs2)nc1-c1cncc(N2CCC3(CCO3)C2)n1. The molecule has 2 saturated heterocycles. The fourth-order valence-corrected chi connectivity index (χ4v) is 4.30. The predicted octanol–water partition coefficient (Wildman–Crippen LogP) is 2.49. The number of hydrogen-bond acceptors (Lipinski definition) is 9. The molecule has 140 valence electrons. The molecule has 2 aliphatic rings. The highest BCUT2D eigenvalue weighted by atomic mass is 32.1. The van der Waals surface area contributed by atoms with Gasteiger partial charge in [-0.25, -0.2) is 15.0 Å². The third kappa shape index (κ3) is 2.78. The first-order valence-electron chi connectivity index (χ1n) is 8.99. The Morgan fingerprint density at radius 3 is 2.82 bits per heavy atom. The van der Waals surface area contributed by atoms with Crippen LogP contribution in [0, 0.1) is 11.3 Å². The number of anilines is 2. The normalized spacial score (nSPS) is 20.9. The quantitative estimate of drug-likeness (QED) is 0.724. The summed E-state index contributed by atoms with van der Waals surface area (Å²) >= 11 is 1.46. The number of nitrogens with two attached hydrogens (primary N) is 1. The molecule has 5 heterocycles.